The number of amides is 1. The van der Waals surface area contributed by atoms with Crippen molar-refractivity contribution in [3.8, 4) is 5.75 Å². The summed E-state index contributed by atoms with van der Waals surface area (Å²) in [6.07, 6.45) is 1.62. The van der Waals surface area contributed by atoms with Crippen LogP contribution in [0.3, 0.4) is 0 Å². The Hall–Kier alpha value is -2.66. The fourth-order valence-corrected chi connectivity index (χ4v) is 2.74. The van der Waals surface area contributed by atoms with E-state index in [1.807, 2.05) is 43.3 Å². The van der Waals surface area contributed by atoms with Crippen LogP contribution in [-0.4, -0.2) is 10.9 Å². The number of carbonyl (C=O) groups excluding carboxylic acids is 1. The molecular formula is C20H17BrN2O2. The molecule has 0 aliphatic carbocycles. The predicted molar refractivity (Wildman–Crippen MR) is 102 cm³/mol. The summed E-state index contributed by atoms with van der Waals surface area (Å²) in [5, 5.41) is 2.81. The van der Waals surface area contributed by atoms with E-state index >= 15 is 0 Å². The molecule has 0 radical (unpaired) electrons. The second kappa shape index (κ2) is 7.94. The number of benzene rings is 2. The van der Waals surface area contributed by atoms with Crippen molar-refractivity contribution in [2.45, 2.75) is 13.5 Å². The number of nitrogens with one attached hydrogen (secondary N) is 1. The number of halogens is 1. The lowest BCUT2D eigenvalue weighted by atomic mass is 10.1. The van der Waals surface area contributed by atoms with Gasteiger partial charge in [0.15, 0.2) is 11.6 Å². The number of rotatable bonds is 5. The lowest BCUT2D eigenvalue weighted by Crippen LogP contribution is -2.14. The number of pyridine rings is 1. The van der Waals surface area contributed by atoms with Gasteiger partial charge >= 0.3 is 0 Å². The summed E-state index contributed by atoms with van der Waals surface area (Å²) < 4.78 is 6.72. The second-order valence-corrected chi connectivity index (χ2v) is 6.45. The minimum absolute atomic E-state index is 0.235. The molecule has 5 heteroatoms. The Morgan fingerprint density at radius 3 is 2.76 bits per heavy atom. The maximum atomic E-state index is 12.4. The van der Waals surface area contributed by atoms with Crippen LogP contribution in [0.5, 0.6) is 5.75 Å². The summed E-state index contributed by atoms with van der Waals surface area (Å²) >= 11 is 3.37. The first-order valence-corrected chi connectivity index (χ1v) is 8.62. The minimum atomic E-state index is -0.235. The number of anilines is 1. The van der Waals surface area contributed by atoms with E-state index in [1.54, 1.807) is 30.5 Å². The molecule has 0 saturated carbocycles. The highest BCUT2D eigenvalue weighted by Gasteiger charge is 2.11. The van der Waals surface area contributed by atoms with Gasteiger partial charge < -0.3 is 10.1 Å². The number of carbonyl (C=O) groups is 1. The maximum Gasteiger partial charge on any atom is 0.256 e. The number of aromatic nitrogens is 1. The van der Waals surface area contributed by atoms with Crippen LogP contribution in [0.1, 0.15) is 21.5 Å². The van der Waals surface area contributed by atoms with Crippen molar-refractivity contribution in [1.82, 2.24) is 4.98 Å². The molecule has 0 aliphatic rings. The molecule has 126 valence electrons. The molecule has 0 aliphatic heterocycles. The van der Waals surface area contributed by atoms with E-state index in [0.717, 1.165) is 15.6 Å². The van der Waals surface area contributed by atoms with Gasteiger partial charge in [-0.1, -0.05) is 46.3 Å². The zero-order chi connectivity index (χ0) is 17.6. The zero-order valence-corrected chi connectivity index (χ0v) is 15.3. The standard InChI is InChI=1S/C20H17BrN2O2/c1-14-6-2-3-7-16(14)13-25-18-10-5-11-22-19(18)23-20(24)15-8-4-9-17(21)12-15/h2-12H,13H2,1H3,(H,22,23,24). The molecule has 0 unspecified atom stereocenters. The fraction of sp³-hybridized carbons (Fsp3) is 0.100. The molecule has 3 aromatic rings. The fourth-order valence-electron chi connectivity index (χ4n) is 2.34. The van der Waals surface area contributed by atoms with Crippen molar-refractivity contribution in [2.75, 3.05) is 5.32 Å². The normalized spacial score (nSPS) is 10.3. The Balaban J connectivity index is 1.75. The number of nitrogens with zero attached hydrogens (tertiary/aromatic N) is 1. The van der Waals surface area contributed by atoms with E-state index in [4.69, 9.17) is 4.74 Å². The molecule has 25 heavy (non-hydrogen) atoms. The summed E-state index contributed by atoms with van der Waals surface area (Å²) in [5.41, 5.74) is 2.80. The van der Waals surface area contributed by atoms with Crippen LogP contribution >= 0.6 is 15.9 Å². The molecule has 1 amide bonds. The molecule has 3 rings (SSSR count). The largest absolute Gasteiger partial charge is 0.485 e. The van der Waals surface area contributed by atoms with Crippen molar-refractivity contribution in [2.24, 2.45) is 0 Å². The van der Waals surface area contributed by atoms with E-state index in [9.17, 15) is 4.79 Å². The SMILES string of the molecule is Cc1ccccc1COc1cccnc1NC(=O)c1cccc(Br)c1. The van der Waals surface area contributed by atoms with Crippen molar-refractivity contribution < 1.29 is 9.53 Å². The molecule has 0 spiro atoms. The highest BCUT2D eigenvalue weighted by molar-refractivity contribution is 9.10. The molecule has 0 bridgehead atoms. The Morgan fingerprint density at radius 2 is 1.96 bits per heavy atom. The van der Waals surface area contributed by atoms with Crippen LogP contribution in [-0.2, 0) is 6.61 Å². The Labute approximate surface area is 155 Å². The third-order valence-corrected chi connectivity index (χ3v) is 4.23. The molecule has 0 saturated heterocycles. The molecular weight excluding hydrogens is 380 g/mol. The van der Waals surface area contributed by atoms with Crippen LogP contribution < -0.4 is 10.1 Å². The number of hydrogen-bond acceptors (Lipinski definition) is 3. The van der Waals surface area contributed by atoms with Gasteiger partial charge in [-0.3, -0.25) is 4.79 Å². The van der Waals surface area contributed by atoms with Crippen molar-refractivity contribution in [3.05, 3.63) is 88.0 Å². The van der Waals surface area contributed by atoms with Gasteiger partial charge in [-0.2, -0.15) is 0 Å². The Kier molecular flexibility index (Phi) is 5.46. The summed E-state index contributed by atoms with van der Waals surface area (Å²) in [7, 11) is 0. The van der Waals surface area contributed by atoms with E-state index in [0.29, 0.717) is 23.7 Å². The van der Waals surface area contributed by atoms with Gasteiger partial charge in [0.05, 0.1) is 0 Å². The molecule has 4 nitrogen and oxygen atoms in total. The highest BCUT2D eigenvalue weighted by Crippen LogP contribution is 2.23. The molecule has 1 aromatic heterocycles. The van der Waals surface area contributed by atoms with Gasteiger partial charge in [0, 0.05) is 16.2 Å². The lowest BCUT2D eigenvalue weighted by Gasteiger charge is -2.12. The van der Waals surface area contributed by atoms with Gasteiger partial charge in [0.1, 0.15) is 6.61 Å². The van der Waals surface area contributed by atoms with Crippen molar-refractivity contribution >= 4 is 27.7 Å². The van der Waals surface area contributed by atoms with Crippen molar-refractivity contribution in [3.63, 3.8) is 0 Å². The smallest absolute Gasteiger partial charge is 0.256 e. The summed E-state index contributed by atoms with van der Waals surface area (Å²) in [4.78, 5) is 16.7. The van der Waals surface area contributed by atoms with Crippen molar-refractivity contribution in [1.29, 1.82) is 0 Å². The monoisotopic (exact) mass is 396 g/mol. The third-order valence-electron chi connectivity index (χ3n) is 3.73. The number of ether oxygens (including phenoxy) is 1. The Morgan fingerprint density at radius 1 is 1.12 bits per heavy atom. The predicted octanol–water partition coefficient (Wildman–Crippen LogP) is 4.98. The van der Waals surface area contributed by atoms with Crippen LogP contribution in [0.25, 0.3) is 0 Å². The van der Waals surface area contributed by atoms with Gasteiger partial charge in [-0.05, 0) is 48.4 Å². The maximum absolute atomic E-state index is 12.4. The average molecular weight is 397 g/mol. The van der Waals surface area contributed by atoms with Crippen LogP contribution in [0, 0.1) is 6.92 Å². The first-order valence-electron chi connectivity index (χ1n) is 7.83. The number of hydrogen-bond donors (Lipinski definition) is 1. The summed E-state index contributed by atoms with van der Waals surface area (Å²) in [5.74, 6) is 0.705. The highest BCUT2D eigenvalue weighted by atomic mass is 79.9. The minimum Gasteiger partial charge on any atom is -0.485 e. The van der Waals surface area contributed by atoms with E-state index < -0.39 is 0 Å². The zero-order valence-electron chi connectivity index (χ0n) is 13.7. The lowest BCUT2D eigenvalue weighted by molar-refractivity contribution is 0.102. The molecule has 1 heterocycles. The second-order valence-electron chi connectivity index (χ2n) is 5.53. The molecule has 0 atom stereocenters. The first kappa shape index (κ1) is 17.2. The van der Waals surface area contributed by atoms with Gasteiger partial charge in [0.2, 0.25) is 0 Å². The molecule has 1 N–H and O–H groups in total. The van der Waals surface area contributed by atoms with E-state index in [-0.39, 0.29) is 5.91 Å². The van der Waals surface area contributed by atoms with E-state index in [1.165, 1.54) is 0 Å². The topological polar surface area (TPSA) is 51.2 Å². The van der Waals surface area contributed by atoms with Crippen LogP contribution in [0.15, 0.2) is 71.3 Å². The molecule has 0 fully saturated rings. The first-order chi connectivity index (χ1) is 12.1. The van der Waals surface area contributed by atoms with Crippen LogP contribution in [0.2, 0.25) is 0 Å². The summed E-state index contributed by atoms with van der Waals surface area (Å²) in [6, 6.07) is 18.8. The van der Waals surface area contributed by atoms with Gasteiger partial charge in [-0.15, -0.1) is 0 Å². The van der Waals surface area contributed by atoms with Crippen LogP contribution in [0.4, 0.5) is 5.82 Å². The third kappa shape index (κ3) is 4.45. The summed E-state index contributed by atoms with van der Waals surface area (Å²) in [6.45, 7) is 2.45. The average Bonchev–Trinajstić information content (AvgIpc) is 2.62. The van der Waals surface area contributed by atoms with Gasteiger partial charge in [-0.25, -0.2) is 4.98 Å². The van der Waals surface area contributed by atoms with Gasteiger partial charge in [0.25, 0.3) is 5.91 Å². The molecule has 2 aromatic carbocycles. The Bertz CT molecular complexity index is 896. The van der Waals surface area contributed by atoms with E-state index in [2.05, 4.69) is 26.2 Å². The number of aryl methyl sites for hydroxylation is 1. The quantitative estimate of drug-likeness (QED) is 0.661.